The van der Waals surface area contributed by atoms with Crippen LogP contribution in [0.5, 0.6) is 0 Å². The second-order valence-electron chi connectivity index (χ2n) is 6.38. The van der Waals surface area contributed by atoms with E-state index in [1.165, 1.54) is 16.3 Å². The van der Waals surface area contributed by atoms with Crippen LogP contribution in [0.3, 0.4) is 0 Å². The molecule has 114 valence electrons. The number of nitrogens with one attached hydrogen (secondary N) is 1. The third-order valence-corrected chi connectivity index (χ3v) is 4.48. The van der Waals surface area contributed by atoms with Gasteiger partial charge in [0.25, 0.3) is 0 Å². The third-order valence-electron chi connectivity index (χ3n) is 4.48. The van der Waals surface area contributed by atoms with E-state index in [-0.39, 0.29) is 11.6 Å². The van der Waals surface area contributed by atoms with Gasteiger partial charge in [0.2, 0.25) is 0 Å². The number of hydrogen-bond acceptors (Lipinski definition) is 3. The standard InChI is InChI=1S/C18H27N3/c1-6-11-20-17(18(2,3)21(4)5)16-9-7-8-14-13-19-12-10-15(14)16/h7-10,12-13,17,20H,6,11H2,1-5H3. The van der Waals surface area contributed by atoms with Gasteiger partial charge in [-0.2, -0.15) is 0 Å². The molecule has 1 aromatic heterocycles. The Morgan fingerprint density at radius 3 is 2.67 bits per heavy atom. The number of rotatable bonds is 6. The molecule has 3 nitrogen and oxygen atoms in total. The maximum atomic E-state index is 4.24. The topological polar surface area (TPSA) is 28.2 Å². The minimum atomic E-state index is 0.0206. The van der Waals surface area contributed by atoms with Crippen molar-refractivity contribution < 1.29 is 0 Å². The second-order valence-corrected chi connectivity index (χ2v) is 6.38. The van der Waals surface area contributed by atoms with Crippen molar-refractivity contribution in [2.75, 3.05) is 20.6 Å². The lowest BCUT2D eigenvalue weighted by Gasteiger charge is -2.41. The van der Waals surface area contributed by atoms with Crippen LogP contribution >= 0.6 is 0 Å². The van der Waals surface area contributed by atoms with Crippen LogP contribution in [0.4, 0.5) is 0 Å². The molecule has 21 heavy (non-hydrogen) atoms. The summed E-state index contributed by atoms with van der Waals surface area (Å²) < 4.78 is 0. The lowest BCUT2D eigenvalue weighted by atomic mass is 9.85. The predicted octanol–water partition coefficient (Wildman–Crippen LogP) is 3.62. The van der Waals surface area contributed by atoms with Crippen molar-refractivity contribution in [3.63, 3.8) is 0 Å². The Labute approximate surface area is 128 Å². The van der Waals surface area contributed by atoms with Crippen molar-refractivity contribution in [1.82, 2.24) is 15.2 Å². The van der Waals surface area contributed by atoms with E-state index >= 15 is 0 Å². The van der Waals surface area contributed by atoms with Crippen LogP contribution in [0.2, 0.25) is 0 Å². The Morgan fingerprint density at radius 2 is 2.00 bits per heavy atom. The van der Waals surface area contributed by atoms with Crippen molar-refractivity contribution in [3.05, 3.63) is 42.2 Å². The minimum Gasteiger partial charge on any atom is -0.308 e. The van der Waals surface area contributed by atoms with Crippen LogP contribution in [0.15, 0.2) is 36.7 Å². The van der Waals surface area contributed by atoms with Crippen LogP contribution in [-0.4, -0.2) is 36.1 Å². The van der Waals surface area contributed by atoms with E-state index in [4.69, 9.17) is 0 Å². The Balaban J connectivity index is 2.53. The number of likely N-dealkylation sites (N-methyl/N-ethyl adjacent to an activating group) is 1. The predicted molar refractivity (Wildman–Crippen MR) is 90.5 cm³/mol. The molecule has 1 atom stereocenters. The van der Waals surface area contributed by atoms with Gasteiger partial charge in [0.05, 0.1) is 6.04 Å². The average Bonchev–Trinajstić information content (AvgIpc) is 2.47. The van der Waals surface area contributed by atoms with Crippen molar-refractivity contribution in [2.24, 2.45) is 0 Å². The van der Waals surface area contributed by atoms with E-state index < -0.39 is 0 Å². The zero-order valence-electron chi connectivity index (χ0n) is 13.9. The Hall–Kier alpha value is -1.45. The summed E-state index contributed by atoms with van der Waals surface area (Å²) in [5, 5.41) is 6.23. The molecule has 0 spiro atoms. The summed E-state index contributed by atoms with van der Waals surface area (Å²) in [4.78, 5) is 6.53. The van der Waals surface area contributed by atoms with Crippen molar-refractivity contribution in [2.45, 2.75) is 38.8 Å². The second kappa shape index (κ2) is 6.54. The molecular weight excluding hydrogens is 258 g/mol. The van der Waals surface area contributed by atoms with E-state index in [1.54, 1.807) is 0 Å². The molecule has 3 heteroatoms. The Bertz CT molecular complexity index is 585. The number of pyridine rings is 1. The van der Waals surface area contributed by atoms with E-state index in [2.05, 4.69) is 74.3 Å². The molecule has 0 saturated heterocycles. The largest absolute Gasteiger partial charge is 0.308 e. The van der Waals surface area contributed by atoms with Crippen molar-refractivity contribution >= 4 is 10.8 Å². The van der Waals surface area contributed by atoms with Crippen molar-refractivity contribution in [1.29, 1.82) is 0 Å². The monoisotopic (exact) mass is 285 g/mol. The molecule has 1 N–H and O–H groups in total. The number of benzene rings is 1. The zero-order valence-corrected chi connectivity index (χ0v) is 13.9. The zero-order chi connectivity index (χ0) is 15.5. The first-order chi connectivity index (χ1) is 9.98. The highest BCUT2D eigenvalue weighted by Crippen LogP contribution is 2.33. The summed E-state index contributed by atoms with van der Waals surface area (Å²) in [6.45, 7) is 7.81. The molecule has 0 aliphatic rings. The van der Waals surface area contributed by atoms with E-state index in [0.717, 1.165) is 13.0 Å². The lowest BCUT2D eigenvalue weighted by molar-refractivity contribution is 0.138. The number of nitrogens with zero attached hydrogens (tertiary/aromatic N) is 2. The van der Waals surface area contributed by atoms with Gasteiger partial charge < -0.3 is 10.2 Å². The Morgan fingerprint density at radius 1 is 1.24 bits per heavy atom. The molecule has 0 aliphatic carbocycles. The number of aromatic nitrogens is 1. The minimum absolute atomic E-state index is 0.0206. The normalized spacial score (nSPS) is 13.8. The molecule has 1 aromatic carbocycles. The third kappa shape index (κ3) is 3.25. The highest BCUT2D eigenvalue weighted by Gasteiger charge is 2.33. The van der Waals surface area contributed by atoms with E-state index in [1.807, 2.05) is 12.4 Å². The van der Waals surface area contributed by atoms with Crippen LogP contribution in [0, 0.1) is 0 Å². The molecule has 2 aromatic rings. The molecular formula is C18H27N3. The summed E-state index contributed by atoms with van der Waals surface area (Å²) in [5.74, 6) is 0. The van der Waals surface area contributed by atoms with Crippen LogP contribution < -0.4 is 5.32 Å². The van der Waals surface area contributed by atoms with Gasteiger partial charge >= 0.3 is 0 Å². The summed E-state index contributed by atoms with van der Waals surface area (Å²) in [5.41, 5.74) is 1.37. The summed E-state index contributed by atoms with van der Waals surface area (Å²) in [6, 6.07) is 8.90. The summed E-state index contributed by atoms with van der Waals surface area (Å²) in [6.07, 6.45) is 4.95. The fourth-order valence-corrected chi connectivity index (χ4v) is 2.69. The molecule has 2 rings (SSSR count). The fourth-order valence-electron chi connectivity index (χ4n) is 2.69. The summed E-state index contributed by atoms with van der Waals surface area (Å²) >= 11 is 0. The summed E-state index contributed by atoms with van der Waals surface area (Å²) in [7, 11) is 4.29. The van der Waals surface area contributed by atoms with Gasteiger partial charge in [0.15, 0.2) is 0 Å². The maximum absolute atomic E-state index is 4.24. The van der Waals surface area contributed by atoms with E-state index in [9.17, 15) is 0 Å². The van der Waals surface area contributed by atoms with Crippen LogP contribution in [0.1, 0.15) is 38.8 Å². The molecule has 1 unspecified atom stereocenters. The number of fused-ring (bicyclic) bond motifs is 1. The molecule has 1 heterocycles. The van der Waals surface area contributed by atoms with Gasteiger partial charge in [-0.15, -0.1) is 0 Å². The Kier molecular flexibility index (Phi) is 4.96. The van der Waals surface area contributed by atoms with Gasteiger partial charge in [-0.1, -0.05) is 25.1 Å². The molecule has 0 saturated carbocycles. The van der Waals surface area contributed by atoms with Gasteiger partial charge in [-0.25, -0.2) is 0 Å². The van der Waals surface area contributed by atoms with Gasteiger partial charge in [-0.3, -0.25) is 4.98 Å². The smallest absolute Gasteiger partial charge is 0.0507 e. The van der Waals surface area contributed by atoms with Gasteiger partial charge in [0.1, 0.15) is 0 Å². The molecule has 0 bridgehead atoms. The van der Waals surface area contributed by atoms with Gasteiger partial charge in [0, 0.05) is 23.3 Å². The highest BCUT2D eigenvalue weighted by molar-refractivity contribution is 5.85. The fraction of sp³-hybridized carbons (Fsp3) is 0.500. The average molecular weight is 285 g/mol. The first-order valence-corrected chi connectivity index (χ1v) is 7.72. The molecule has 0 amide bonds. The lowest BCUT2D eigenvalue weighted by Crippen LogP contribution is -2.49. The van der Waals surface area contributed by atoms with Crippen molar-refractivity contribution in [3.8, 4) is 0 Å². The first-order valence-electron chi connectivity index (χ1n) is 7.72. The SMILES string of the molecule is CCCNC(c1cccc2cnccc12)C(C)(C)N(C)C. The quantitative estimate of drug-likeness (QED) is 0.878. The molecule has 0 fully saturated rings. The van der Waals surface area contributed by atoms with Crippen LogP contribution in [0.25, 0.3) is 10.8 Å². The van der Waals surface area contributed by atoms with E-state index in [0.29, 0.717) is 0 Å². The molecule has 0 radical (unpaired) electrons. The number of hydrogen-bond donors (Lipinski definition) is 1. The maximum Gasteiger partial charge on any atom is 0.0507 e. The highest BCUT2D eigenvalue weighted by atomic mass is 15.2. The van der Waals surface area contributed by atoms with Gasteiger partial charge in [-0.05, 0) is 57.9 Å². The molecule has 0 aliphatic heterocycles. The van der Waals surface area contributed by atoms with Crippen LogP contribution in [-0.2, 0) is 0 Å². The first kappa shape index (κ1) is 15.9.